The van der Waals surface area contributed by atoms with Crippen molar-refractivity contribution in [3.8, 4) is 11.5 Å². The number of aryl methyl sites for hydroxylation is 1. The van der Waals surface area contributed by atoms with Crippen LogP contribution in [0.5, 0.6) is 11.5 Å². The Kier molecular flexibility index (Phi) is 11.4. The van der Waals surface area contributed by atoms with E-state index in [1.54, 1.807) is 12.1 Å². The van der Waals surface area contributed by atoms with Gasteiger partial charge in [0.25, 0.3) is 0 Å². The summed E-state index contributed by atoms with van der Waals surface area (Å²) in [5.41, 5.74) is 3.00. The van der Waals surface area contributed by atoms with Crippen molar-refractivity contribution in [2.45, 2.75) is 52.2 Å². The quantitative estimate of drug-likeness (QED) is 0.298. The molecule has 0 bridgehead atoms. The third kappa shape index (κ3) is 8.72. The number of sulfonamides is 1. The predicted molar refractivity (Wildman–Crippen MR) is 165 cm³/mol. The van der Waals surface area contributed by atoms with Crippen LogP contribution in [0.3, 0.4) is 0 Å². The van der Waals surface area contributed by atoms with Crippen LogP contribution in [-0.2, 0) is 32.6 Å². The fourth-order valence-corrected chi connectivity index (χ4v) is 5.32. The van der Waals surface area contributed by atoms with E-state index in [0.29, 0.717) is 11.5 Å². The Morgan fingerprint density at radius 1 is 0.905 bits per heavy atom. The molecule has 3 aromatic carbocycles. The number of benzene rings is 3. The molecule has 0 saturated carbocycles. The molecule has 2 amide bonds. The molecule has 226 valence electrons. The second-order valence-corrected chi connectivity index (χ2v) is 12.2. The summed E-state index contributed by atoms with van der Waals surface area (Å²) >= 11 is 0. The number of hydrogen-bond acceptors (Lipinski definition) is 6. The number of amides is 2. The number of rotatable bonds is 14. The molecule has 9 nitrogen and oxygen atoms in total. The van der Waals surface area contributed by atoms with Crippen LogP contribution in [0.1, 0.15) is 37.0 Å². The Balaban J connectivity index is 2.07. The normalized spacial score (nSPS) is 12.6. The molecule has 0 unspecified atom stereocenters. The van der Waals surface area contributed by atoms with Crippen LogP contribution in [0.4, 0.5) is 5.69 Å². The van der Waals surface area contributed by atoms with Crippen molar-refractivity contribution in [1.29, 1.82) is 0 Å². The molecule has 0 saturated heterocycles. The van der Waals surface area contributed by atoms with Crippen LogP contribution >= 0.6 is 0 Å². The molecule has 3 rings (SSSR count). The fourth-order valence-electron chi connectivity index (χ4n) is 4.48. The summed E-state index contributed by atoms with van der Waals surface area (Å²) < 4.78 is 37.7. The molecule has 0 fully saturated rings. The van der Waals surface area contributed by atoms with E-state index in [2.05, 4.69) is 5.32 Å². The minimum atomic E-state index is -3.91. The number of hydrogen-bond donors (Lipinski definition) is 1. The standard InChI is InChI=1S/C32H41N3O6S/c1-7-24(3)33-32(37)28(19-25-11-9-8-10-12-25)34(21-26-15-13-23(2)14-16-26)31(36)22-35(42(6,38)39)27-17-18-29(40-4)30(20-27)41-5/h8-18,20,24,28H,7,19,21-22H2,1-6H3,(H,33,37)/t24-,28-/m0/s1. The van der Waals surface area contributed by atoms with E-state index in [9.17, 15) is 18.0 Å². The number of ether oxygens (including phenoxy) is 2. The number of nitrogens with zero attached hydrogens (tertiary/aromatic N) is 2. The van der Waals surface area contributed by atoms with Gasteiger partial charge in [0.05, 0.1) is 26.2 Å². The molecule has 0 aliphatic heterocycles. The number of nitrogens with one attached hydrogen (secondary N) is 1. The molecule has 3 aromatic rings. The molecule has 0 radical (unpaired) electrons. The summed E-state index contributed by atoms with van der Waals surface area (Å²) in [6.45, 7) is 5.46. The highest BCUT2D eigenvalue weighted by Gasteiger charge is 2.33. The Hall–Kier alpha value is -4.05. The molecule has 0 aromatic heterocycles. The van der Waals surface area contributed by atoms with E-state index in [4.69, 9.17) is 9.47 Å². The highest BCUT2D eigenvalue weighted by atomic mass is 32.2. The van der Waals surface area contributed by atoms with Crippen molar-refractivity contribution >= 4 is 27.5 Å². The van der Waals surface area contributed by atoms with Gasteiger partial charge in [-0.15, -0.1) is 0 Å². The highest BCUT2D eigenvalue weighted by Crippen LogP contribution is 2.32. The molecule has 10 heteroatoms. The maximum atomic E-state index is 14.2. The van der Waals surface area contributed by atoms with E-state index in [-0.39, 0.29) is 30.6 Å². The van der Waals surface area contributed by atoms with Gasteiger partial charge in [0, 0.05) is 25.1 Å². The zero-order valence-electron chi connectivity index (χ0n) is 25.2. The third-order valence-electron chi connectivity index (χ3n) is 7.08. The second-order valence-electron chi connectivity index (χ2n) is 10.3. The first-order valence-electron chi connectivity index (χ1n) is 13.9. The molecule has 42 heavy (non-hydrogen) atoms. The highest BCUT2D eigenvalue weighted by molar-refractivity contribution is 7.92. The van der Waals surface area contributed by atoms with Gasteiger partial charge < -0.3 is 19.7 Å². The fraction of sp³-hybridized carbons (Fsp3) is 0.375. The largest absolute Gasteiger partial charge is 0.493 e. The molecule has 1 N–H and O–H groups in total. The smallest absolute Gasteiger partial charge is 0.244 e. The van der Waals surface area contributed by atoms with E-state index in [1.165, 1.54) is 25.2 Å². The van der Waals surface area contributed by atoms with Gasteiger partial charge in [-0.3, -0.25) is 13.9 Å². The Morgan fingerprint density at radius 2 is 1.55 bits per heavy atom. The number of methoxy groups -OCH3 is 2. The minimum Gasteiger partial charge on any atom is -0.493 e. The van der Waals surface area contributed by atoms with Crippen molar-refractivity contribution in [3.63, 3.8) is 0 Å². The molecule has 0 spiro atoms. The average molecular weight is 596 g/mol. The summed E-state index contributed by atoms with van der Waals surface area (Å²) in [5, 5.41) is 3.03. The zero-order chi connectivity index (χ0) is 30.9. The monoisotopic (exact) mass is 595 g/mol. The maximum Gasteiger partial charge on any atom is 0.244 e. The first-order chi connectivity index (χ1) is 20.0. The van der Waals surface area contributed by atoms with Gasteiger partial charge in [-0.1, -0.05) is 67.1 Å². The average Bonchev–Trinajstić information content (AvgIpc) is 2.97. The van der Waals surface area contributed by atoms with Crippen LogP contribution in [0.25, 0.3) is 0 Å². The lowest BCUT2D eigenvalue weighted by atomic mass is 10.0. The summed E-state index contributed by atoms with van der Waals surface area (Å²) in [4.78, 5) is 29.4. The molecule has 0 aliphatic rings. The lowest BCUT2D eigenvalue weighted by Gasteiger charge is -2.34. The lowest BCUT2D eigenvalue weighted by molar-refractivity contribution is -0.140. The number of anilines is 1. The molecular formula is C32H41N3O6S. The van der Waals surface area contributed by atoms with Crippen molar-refractivity contribution in [3.05, 3.63) is 89.5 Å². The van der Waals surface area contributed by atoms with E-state index in [0.717, 1.165) is 33.7 Å². The summed E-state index contributed by atoms with van der Waals surface area (Å²) in [7, 11) is -0.977. The van der Waals surface area contributed by atoms with E-state index in [1.807, 2.05) is 75.4 Å². The van der Waals surface area contributed by atoms with E-state index >= 15 is 0 Å². The SMILES string of the molecule is CC[C@H](C)NC(=O)[C@H](Cc1ccccc1)N(Cc1ccc(C)cc1)C(=O)CN(c1ccc(OC)c(OC)c1)S(C)(=O)=O. The molecule has 0 heterocycles. The van der Waals surface area contributed by atoms with Gasteiger partial charge in [0.15, 0.2) is 11.5 Å². The van der Waals surface area contributed by atoms with Crippen molar-refractivity contribution in [2.75, 3.05) is 31.3 Å². The molecular weight excluding hydrogens is 554 g/mol. The summed E-state index contributed by atoms with van der Waals surface area (Å²) in [6, 6.07) is 20.8. The predicted octanol–water partition coefficient (Wildman–Crippen LogP) is 4.33. The van der Waals surface area contributed by atoms with Crippen LogP contribution in [-0.4, -0.2) is 64.2 Å². The second kappa shape index (κ2) is 14.7. The number of carbonyl (C=O) groups excluding carboxylic acids is 2. The van der Waals surface area contributed by atoms with Crippen LogP contribution < -0.4 is 19.1 Å². The topological polar surface area (TPSA) is 105 Å². The van der Waals surface area contributed by atoms with Gasteiger partial charge >= 0.3 is 0 Å². The van der Waals surface area contributed by atoms with Gasteiger partial charge in [-0.2, -0.15) is 0 Å². The van der Waals surface area contributed by atoms with Gasteiger partial charge in [0.1, 0.15) is 12.6 Å². The minimum absolute atomic E-state index is 0.105. The Labute approximate surface area is 249 Å². The third-order valence-corrected chi connectivity index (χ3v) is 8.22. The zero-order valence-corrected chi connectivity index (χ0v) is 26.0. The number of carbonyl (C=O) groups is 2. The van der Waals surface area contributed by atoms with Crippen LogP contribution in [0.15, 0.2) is 72.8 Å². The molecule has 2 atom stereocenters. The lowest BCUT2D eigenvalue weighted by Crippen LogP contribution is -2.54. The van der Waals surface area contributed by atoms with Gasteiger partial charge in [-0.05, 0) is 43.5 Å². The Bertz CT molecular complexity index is 1440. The van der Waals surface area contributed by atoms with Crippen molar-refractivity contribution in [2.24, 2.45) is 0 Å². The molecule has 0 aliphatic carbocycles. The first kappa shape index (κ1) is 32.5. The Morgan fingerprint density at radius 3 is 2.12 bits per heavy atom. The first-order valence-corrected chi connectivity index (χ1v) is 15.7. The van der Waals surface area contributed by atoms with Gasteiger partial charge in [-0.25, -0.2) is 8.42 Å². The van der Waals surface area contributed by atoms with Gasteiger partial charge in [0.2, 0.25) is 21.8 Å². The van der Waals surface area contributed by atoms with Crippen molar-refractivity contribution in [1.82, 2.24) is 10.2 Å². The van der Waals surface area contributed by atoms with Crippen LogP contribution in [0, 0.1) is 6.92 Å². The van der Waals surface area contributed by atoms with E-state index < -0.39 is 28.5 Å². The van der Waals surface area contributed by atoms with Crippen molar-refractivity contribution < 1.29 is 27.5 Å². The summed E-state index contributed by atoms with van der Waals surface area (Å²) in [6.07, 6.45) is 2.02. The maximum absolute atomic E-state index is 14.2. The summed E-state index contributed by atoms with van der Waals surface area (Å²) in [5.74, 6) is -0.0733. The van der Waals surface area contributed by atoms with Crippen LogP contribution in [0.2, 0.25) is 0 Å².